The highest BCUT2D eigenvalue weighted by atomic mass is 32.1. The van der Waals surface area contributed by atoms with E-state index in [0.717, 1.165) is 33.3 Å². The molecule has 60 heavy (non-hydrogen) atoms. The molecule has 0 aliphatic rings. The van der Waals surface area contributed by atoms with Crippen LogP contribution < -0.4 is 0 Å². The molecule has 0 aliphatic carbocycles. The van der Waals surface area contributed by atoms with Crippen molar-refractivity contribution in [3.63, 3.8) is 0 Å². The van der Waals surface area contributed by atoms with Crippen LogP contribution in [0.1, 0.15) is 0 Å². The Morgan fingerprint density at radius 1 is 0.350 bits per heavy atom. The predicted octanol–water partition coefficient (Wildman–Crippen LogP) is 16.1. The summed E-state index contributed by atoms with van der Waals surface area (Å²) in [7, 11) is 0. The van der Waals surface area contributed by atoms with Gasteiger partial charge in [0.05, 0.1) is 16.4 Å². The summed E-state index contributed by atoms with van der Waals surface area (Å²) < 4.78 is 12.8. The van der Waals surface area contributed by atoms with Gasteiger partial charge in [-0.1, -0.05) is 133 Å². The maximum Gasteiger partial charge on any atom is 0.213 e. The van der Waals surface area contributed by atoms with E-state index in [-0.39, 0.29) is 0 Å². The Morgan fingerprint density at radius 3 is 1.55 bits per heavy atom. The number of thiophene rings is 1. The number of hydrogen-bond donors (Lipinski definition) is 0. The summed E-state index contributed by atoms with van der Waals surface area (Å²) >= 11 is 1.88. The van der Waals surface area contributed by atoms with Crippen molar-refractivity contribution in [3.8, 4) is 22.5 Å². The van der Waals surface area contributed by atoms with Crippen molar-refractivity contribution in [2.45, 2.75) is 0 Å². The van der Waals surface area contributed by atoms with Crippen molar-refractivity contribution in [1.29, 1.82) is 0 Å². The van der Waals surface area contributed by atoms with Crippen LogP contribution in [-0.4, -0.2) is 9.13 Å². The summed E-state index contributed by atoms with van der Waals surface area (Å²) in [4.78, 5) is 1.27. The highest BCUT2D eigenvalue weighted by molar-refractivity contribution is 7.25. The molecule has 0 radical (unpaired) electrons. The lowest BCUT2D eigenvalue weighted by molar-refractivity contribution is 0.645. The summed E-state index contributed by atoms with van der Waals surface area (Å²) in [6.45, 7) is 0. The molecule has 0 bridgehead atoms. The fourth-order valence-corrected chi connectivity index (χ4v) is 11.4. The summed E-state index contributed by atoms with van der Waals surface area (Å²) in [6.07, 6.45) is 0. The van der Waals surface area contributed by atoms with Gasteiger partial charge in [0.25, 0.3) is 0 Å². The smallest absolute Gasteiger partial charge is 0.213 e. The molecule has 14 rings (SSSR count). The quantitative estimate of drug-likeness (QED) is 0.164. The first kappa shape index (κ1) is 32.3. The molecule has 0 saturated carbocycles. The third-order valence-corrected chi connectivity index (χ3v) is 14.0. The zero-order valence-corrected chi connectivity index (χ0v) is 33.0. The fourth-order valence-electron chi connectivity index (χ4n) is 10.1. The molecule has 0 atom stereocenters. The molecule has 4 heteroatoms. The van der Waals surface area contributed by atoms with Gasteiger partial charge in [-0.2, -0.15) is 0 Å². The van der Waals surface area contributed by atoms with Crippen molar-refractivity contribution in [1.82, 2.24) is 9.13 Å². The topological polar surface area (TPSA) is 23.0 Å². The van der Waals surface area contributed by atoms with Crippen LogP contribution in [0, 0.1) is 0 Å². The van der Waals surface area contributed by atoms with Gasteiger partial charge in [-0.05, 0) is 115 Å². The number of aromatic nitrogens is 2. The summed E-state index contributed by atoms with van der Waals surface area (Å²) in [5.74, 6) is 0. The Labute approximate surface area is 347 Å². The number of rotatable bonds is 3. The minimum absolute atomic E-state index is 0.867. The first-order valence-corrected chi connectivity index (χ1v) is 21.3. The third-order valence-electron chi connectivity index (χ3n) is 12.9. The lowest BCUT2D eigenvalue weighted by Gasteiger charge is -2.11. The zero-order chi connectivity index (χ0) is 39.1. The average molecular weight is 781 g/mol. The Morgan fingerprint density at radius 2 is 0.867 bits per heavy atom. The number of fused-ring (bicyclic) bond motifs is 16. The lowest BCUT2D eigenvalue weighted by atomic mass is 10.00. The normalized spacial score (nSPS) is 12.3. The predicted molar refractivity (Wildman–Crippen MR) is 256 cm³/mol. The first-order chi connectivity index (χ1) is 29.7. The minimum atomic E-state index is 0.867. The molecule has 0 spiro atoms. The van der Waals surface area contributed by atoms with Gasteiger partial charge in [0.15, 0.2) is 0 Å². The van der Waals surface area contributed by atoms with Crippen LogP contribution in [0.15, 0.2) is 199 Å². The zero-order valence-electron chi connectivity index (χ0n) is 32.2. The number of hydrogen-bond acceptors (Lipinski definition) is 2. The molecule has 0 aliphatic heterocycles. The molecule has 4 heterocycles. The largest absolute Gasteiger partial charge is 0.439 e. The highest BCUT2D eigenvalue weighted by Crippen LogP contribution is 2.45. The molecular weight excluding hydrogens is 749 g/mol. The SMILES string of the molecule is c1ccc2c(c1)ccc1cc(-n3c4ccc(-c5ccc6c(c5)c5c7ccccc7sc5n6-c5ccc6c(ccc7ccccc76)c5)cc4c4c5ccccc5oc43)ccc12. The molecule has 0 fully saturated rings. The molecule has 14 aromatic rings. The molecule has 0 saturated heterocycles. The maximum absolute atomic E-state index is 6.74. The van der Waals surface area contributed by atoms with Gasteiger partial charge in [0.1, 0.15) is 10.4 Å². The van der Waals surface area contributed by atoms with Crippen LogP contribution in [-0.2, 0) is 0 Å². The lowest BCUT2D eigenvalue weighted by Crippen LogP contribution is -1.94. The van der Waals surface area contributed by atoms with E-state index < -0.39 is 0 Å². The molecule has 0 unspecified atom stereocenters. The summed E-state index contributed by atoms with van der Waals surface area (Å²) in [5, 5.41) is 17.4. The van der Waals surface area contributed by atoms with Crippen molar-refractivity contribution >= 4 is 119 Å². The van der Waals surface area contributed by atoms with Crippen LogP contribution in [0.4, 0.5) is 0 Å². The van der Waals surface area contributed by atoms with Gasteiger partial charge in [0.2, 0.25) is 5.71 Å². The molecule has 0 amide bonds. The van der Waals surface area contributed by atoms with Gasteiger partial charge in [0, 0.05) is 43.0 Å². The van der Waals surface area contributed by atoms with Gasteiger partial charge in [-0.15, -0.1) is 11.3 Å². The standard InChI is InChI=1S/C56H32N2OS/c1-3-11-41-33(9-1)17-19-37-29-39(23-25-43(37)41)57-49-27-21-35(31-47(49)53-45-13-5-7-15-51(45)59-55(53)57)36-22-28-50-48(32-36)54-46-14-6-8-16-52(46)60-56(54)58(50)40-24-26-44-38(30-40)20-18-34-10-2-4-12-42(34)44/h1-32H. The van der Waals surface area contributed by atoms with Gasteiger partial charge >= 0.3 is 0 Å². The Bertz CT molecular complexity index is 3870. The molecule has 10 aromatic carbocycles. The van der Waals surface area contributed by atoms with Gasteiger partial charge in [-0.3, -0.25) is 4.57 Å². The first-order valence-electron chi connectivity index (χ1n) is 20.5. The summed E-state index contributed by atoms with van der Waals surface area (Å²) in [5.41, 5.74) is 8.73. The second kappa shape index (κ2) is 12.0. The Hall–Kier alpha value is -7.66. The molecular formula is C56H32N2OS. The van der Waals surface area contributed by atoms with Crippen LogP contribution in [0.25, 0.3) is 130 Å². The third kappa shape index (κ3) is 4.43. The van der Waals surface area contributed by atoms with E-state index in [4.69, 9.17) is 4.42 Å². The van der Waals surface area contributed by atoms with Crippen LogP contribution >= 0.6 is 11.3 Å². The number of furan rings is 1. The van der Waals surface area contributed by atoms with E-state index in [1.165, 1.54) is 96.5 Å². The van der Waals surface area contributed by atoms with E-state index in [9.17, 15) is 0 Å². The number of para-hydroxylation sites is 1. The molecule has 0 N–H and O–H groups in total. The van der Waals surface area contributed by atoms with E-state index in [1.807, 2.05) is 11.3 Å². The van der Waals surface area contributed by atoms with Crippen molar-refractivity contribution < 1.29 is 4.42 Å². The van der Waals surface area contributed by atoms with Gasteiger partial charge in [-0.25, -0.2) is 0 Å². The fraction of sp³-hybridized carbons (Fsp3) is 0. The Balaban J connectivity index is 0.982. The molecule has 278 valence electrons. The van der Waals surface area contributed by atoms with E-state index in [1.54, 1.807) is 0 Å². The molecule has 3 nitrogen and oxygen atoms in total. The van der Waals surface area contributed by atoms with Gasteiger partial charge < -0.3 is 8.98 Å². The number of nitrogens with zero attached hydrogens (tertiary/aromatic N) is 2. The summed E-state index contributed by atoms with van der Waals surface area (Å²) in [6, 6.07) is 71.3. The van der Waals surface area contributed by atoms with Crippen molar-refractivity contribution in [2.75, 3.05) is 0 Å². The van der Waals surface area contributed by atoms with E-state index >= 15 is 0 Å². The highest BCUT2D eigenvalue weighted by Gasteiger charge is 2.22. The van der Waals surface area contributed by atoms with Crippen molar-refractivity contribution in [2.24, 2.45) is 0 Å². The van der Waals surface area contributed by atoms with Crippen LogP contribution in [0.5, 0.6) is 0 Å². The second-order valence-corrected chi connectivity index (χ2v) is 17.1. The number of benzene rings is 10. The van der Waals surface area contributed by atoms with E-state index in [0.29, 0.717) is 0 Å². The average Bonchev–Trinajstić information content (AvgIpc) is 4.04. The minimum Gasteiger partial charge on any atom is -0.439 e. The maximum atomic E-state index is 6.74. The molecule has 4 aromatic heterocycles. The van der Waals surface area contributed by atoms with E-state index in [2.05, 4.69) is 203 Å². The Kier molecular flexibility index (Phi) is 6.44. The second-order valence-electron chi connectivity index (χ2n) is 16.1. The monoisotopic (exact) mass is 780 g/mol. The van der Waals surface area contributed by atoms with Crippen LogP contribution in [0.3, 0.4) is 0 Å². The van der Waals surface area contributed by atoms with Crippen LogP contribution in [0.2, 0.25) is 0 Å². The van der Waals surface area contributed by atoms with Crippen molar-refractivity contribution in [3.05, 3.63) is 194 Å².